The molecule has 0 aromatic carbocycles. The van der Waals surface area contributed by atoms with E-state index in [0.29, 0.717) is 26.4 Å². The van der Waals surface area contributed by atoms with E-state index in [1.54, 1.807) is 0 Å². The van der Waals surface area contributed by atoms with Crippen LogP contribution in [0.2, 0.25) is 0 Å². The van der Waals surface area contributed by atoms with E-state index in [2.05, 4.69) is 23.6 Å². The van der Waals surface area contributed by atoms with Gasteiger partial charge in [-0.1, -0.05) is 284 Å². The average molecular weight is 936 g/mol. The SMILES string of the molecule is CCCCCCCCCCCCCCCCCCCCCCCCN1CCOCCOCCN(CCCCCCCCCCCCCCCCCCCCCCCC)CCOCCOCC1. The fourth-order valence-electron chi connectivity index (χ4n) is 9.98. The Hall–Kier alpha value is -0.240. The van der Waals surface area contributed by atoms with Gasteiger partial charge in [0.25, 0.3) is 0 Å². The molecule has 0 spiro atoms. The Kier molecular flexibility index (Phi) is 55.4. The topological polar surface area (TPSA) is 43.4 Å². The van der Waals surface area contributed by atoms with Crippen molar-refractivity contribution in [2.45, 2.75) is 296 Å². The van der Waals surface area contributed by atoms with Gasteiger partial charge in [0.2, 0.25) is 0 Å². The molecule has 0 bridgehead atoms. The van der Waals surface area contributed by atoms with Gasteiger partial charge in [-0.2, -0.15) is 0 Å². The molecule has 396 valence electrons. The molecule has 1 saturated heterocycles. The number of hydrogen-bond acceptors (Lipinski definition) is 6. The second kappa shape index (κ2) is 57.3. The van der Waals surface area contributed by atoms with E-state index < -0.39 is 0 Å². The predicted octanol–water partition coefficient (Wildman–Crippen LogP) is 17.9. The molecule has 66 heavy (non-hydrogen) atoms. The Morgan fingerprint density at radius 1 is 0.197 bits per heavy atom. The maximum absolute atomic E-state index is 6.03. The number of unbranched alkanes of at least 4 members (excludes halogenated alkanes) is 42. The molecular weight excluding hydrogens is 813 g/mol. The van der Waals surface area contributed by atoms with Gasteiger partial charge in [-0.05, 0) is 25.9 Å². The molecule has 0 amide bonds. The molecule has 1 rings (SSSR count). The molecule has 0 unspecified atom stereocenters. The summed E-state index contributed by atoms with van der Waals surface area (Å²) in [5, 5.41) is 0. The third-order valence-electron chi connectivity index (χ3n) is 14.6. The first-order valence-electron chi connectivity index (χ1n) is 30.6. The van der Waals surface area contributed by atoms with E-state index in [1.807, 2.05) is 0 Å². The van der Waals surface area contributed by atoms with Crippen LogP contribution in [0, 0.1) is 0 Å². The molecule has 0 aromatic heterocycles. The monoisotopic (exact) mass is 935 g/mol. The highest BCUT2D eigenvalue weighted by Gasteiger charge is 2.09. The number of ether oxygens (including phenoxy) is 4. The van der Waals surface area contributed by atoms with Crippen molar-refractivity contribution >= 4 is 0 Å². The summed E-state index contributed by atoms with van der Waals surface area (Å²) in [6.45, 7) is 16.7. The minimum atomic E-state index is 0.687. The molecule has 0 saturated carbocycles. The second-order valence-electron chi connectivity index (χ2n) is 21.0. The van der Waals surface area contributed by atoms with Gasteiger partial charge in [0, 0.05) is 26.2 Å². The van der Waals surface area contributed by atoms with Gasteiger partial charge >= 0.3 is 0 Å². The Bertz CT molecular complexity index is 774. The minimum absolute atomic E-state index is 0.687. The van der Waals surface area contributed by atoms with Gasteiger partial charge in [-0.3, -0.25) is 9.80 Å². The first-order chi connectivity index (χ1) is 32.9. The zero-order chi connectivity index (χ0) is 47.0. The van der Waals surface area contributed by atoms with Crippen molar-refractivity contribution in [3.05, 3.63) is 0 Å². The zero-order valence-corrected chi connectivity index (χ0v) is 45.5. The van der Waals surface area contributed by atoms with E-state index in [9.17, 15) is 0 Å². The summed E-state index contributed by atoms with van der Waals surface area (Å²) in [4.78, 5) is 5.09. The zero-order valence-electron chi connectivity index (χ0n) is 45.5. The molecule has 0 aromatic rings. The minimum Gasteiger partial charge on any atom is -0.378 e. The lowest BCUT2D eigenvalue weighted by molar-refractivity contribution is 0.00776. The van der Waals surface area contributed by atoms with E-state index in [-0.39, 0.29) is 0 Å². The average Bonchev–Trinajstić information content (AvgIpc) is 3.33. The molecule has 1 aliphatic rings. The van der Waals surface area contributed by atoms with Gasteiger partial charge < -0.3 is 18.9 Å². The van der Waals surface area contributed by atoms with Crippen LogP contribution in [0.3, 0.4) is 0 Å². The maximum Gasteiger partial charge on any atom is 0.0701 e. The lowest BCUT2D eigenvalue weighted by Crippen LogP contribution is -2.34. The molecule has 1 fully saturated rings. The standard InChI is InChI=1S/C60H122N2O4/c1-3-5-7-9-11-13-15-17-19-21-23-25-27-29-31-33-35-37-39-41-43-45-47-61-49-53-63-57-59-65-55-51-62(52-56-66-60-58-64-54-50-61)48-46-44-42-40-38-36-34-32-30-28-26-24-22-20-18-16-14-12-10-8-6-4-2/h3-60H2,1-2H3. The van der Waals surface area contributed by atoms with Crippen molar-refractivity contribution in [1.29, 1.82) is 0 Å². The molecule has 6 heteroatoms. The Morgan fingerprint density at radius 3 is 0.515 bits per heavy atom. The fraction of sp³-hybridized carbons (Fsp3) is 1.00. The van der Waals surface area contributed by atoms with Gasteiger partial charge in [-0.15, -0.1) is 0 Å². The van der Waals surface area contributed by atoms with Crippen molar-refractivity contribution in [2.75, 3.05) is 92.1 Å². The molecule has 1 aliphatic heterocycles. The molecular formula is C60H122N2O4. The van der Waals surface area contributed by atoms with Crippen LogP contribution < -0.4 is 0 Å². The number of hydrogen-bond donors (Lipinski definition) is 0. The van der Waals surface area contributed by atoms with Crippen molar-refractivity contribution in [3.63, 3.8) is 0 Å². The first-order valence-corrected chi connectivity index (χ1v) is 30.6. The third-order valence-corrected chi connectivity index (χ3v) is 14.6. The van der Waals surface area contributed by atoms with Crippen LogP contribution in [-0.4, -0.2) is 102 Å². The molecule has 6 nitrogen and oxygen atoms in total. The van der Waals surface area contributed by atoms with Gasteiger partial charge in [-0.25, -0.2) is 0 Å². The van der Waals surface area contributed by atoms with Crippen molar-refractivity contribution in [3.8, 4) is 0 Å². The summed E-state index contributed by atoms with van der Waals surface area (Å²) in [6, 6.07) is 0. The Morgan fingerprint density at radius 2 is 0.348 bits per heavy atom. The van der Waals surface area contributed by atoms with Crippen LogP contribution in [0.5, 0.6) is 0 Å². The lowest BCUT2D eigenvalue weighted by atomic mass is 10.0. The molecule has 0 aliphatic carbocycles. The van der Waals surface area contributed by atoms with E-state index in [4.69, 9.17) is 18.9 Å². The van der Waals surface area contributed by atoms with Crippen LogP contribution in [0.25, 0.3) is 0 Å². The summed E-state index contributed by atoms with van der Waals surface area (Å²) < 4.78 is 24.1. The third kappa shape index (κ3) is 51.6. The van der Waals surface area contributed by atoms with Crippen LogP contribution in [0.15, 0.2) is 0 Å². The van der Waals surface area contributed by atoms with E-state index in [1.165, 1.54) is 283 Å². The second-order valence-corrected chi connectivity index (χ2v) is 21.0. The largest absolute Gasteiger partial charge is 0.378 e. The number of nitrogens with zero attached hydrogens (tertiary/aromatic N) is 2. The van der Waals surface area contributed by atoms with Gasteiger partial charge in [0.1, 0.15) is 0 Å². The highest BCUT2D eigenvalue weighted by molar-refractivity contribution is 4.61. The van der Waals surface area contributed by atoms with Crippen LogP contribution in [-0.2, 0) is 18.9 Å². The number of rotatable bonds is 46. The summed E-state index contributed by atoms with van der Waals surface area (Å²) in [6.07, 6.45) is 63.1. The quantitative estimate of drug-likeness (QED) is 0.0567. The van der Waals surface area contributed by atoms with Crippen molar-refractivity contribution in [2.24, 2.45) is 0 Å². The molecule has 0 N–H and O–H groups in total. The van der Waals surface area contributed by atoms with Crippen molar-refractivity contribution in [1.82, 2.24) is 9.80 Å². The summed E-state index contributed by atoms with van der Waals surface area (Å²) in [5.74, 6) is 0. The Balaban J connectivity index is 1.95. The molecule has 0 atom stereocenters. The molecule has 0 radical (unpaired) electrons. The Labute approximate surface area is 415 Å². The first kappa shape index (κ1) is 63.8. The van der Waals surface area contributed by atoms with Crippen LogP contribution >= 0.6 is 0 Å². The van der Waals surface area contributed by atoms with Crippen LogP contribution in [0.4, 0.5) is 0 Å². The van der Waals surface area contributed by atoms with Crippen LogP contribution in [0.1, 0.15) is 296 Å². The highest BCUT2D eigenvalue weighted by atomic mass is 16.5. The summed E-state index contributed by atoms with van der Waals surface area (Å²) in [7, 11) is 0. The smallest absolute Gasteiger partial charge is 0.0701 e. The normalized spacial score (nSPS) is 15.9. The van der Waals surface area contributed by atoms with Gasteiger partial charge in [0.15, 0.2) is 0 Å². The van der Waals surface area contributed by atoms with E-state index in [0.717, 1.165) is 65.7 Å². The maximum atomic E-state index is 6.03. The fourth-order valence-corrected chi connectivity index (χ4v) is 9.98. The predicted molar refractivity (Wildman–Crippen MR) is 291 cm³/mol. The highest BCUT2D eigenvalue weighted by Crippen LogP contribution is 2.18. The molecule has 1 heterocycles. The van der Waals surface area contributed by atoms with E-state index >= 15 is 0 Å². The summed E-state index contributed by atoms with van der Waals surface area (Å²) in [5.41, 5.74) is 0. The summed E-state index contributed by atoms with van der Waals surface area (Å²) >= 11 is 0. The lowest BCUT2D eigenvalue weighted by Gasteiger charge is -2.23. The van der Waals surface area contributed by atoms with Crippen molar-refractivity contribution < 1.29 is 18.9 Å². The van der Waals surface area contributed by atoms with Gasteiger partial charge in [0.05, 0.1) is 52.9 Å².